The fraction of sp³-hybridized carbons (Fsp3) is 0.920. The summed E-state index contributed by atoms with van der Waals surface area (Å²) in [6, 6.07) is 0. The zero-order valence-electron chi connectivity index (χ0n) is 18.4. The van der Waals surface area contributed by atoms with Crippen LogP contribution in [-0.4, -0.2) is 24.4 Å². The van der Waals surface area contributed by atoms with E-state index in [2.05, 4.69) is 34.3 Å². The van der Waals surface area contributed by atoms with Gasteiger partial charge in [0.25, 0.3) is 0 Å². The van der Waals surface area contributed by atoms with E-state index >= 15 is 0 Å². The Bertz CT molecular complexity index is 613. The molecule has 2 nitrogen and oxygen atoms in total. The Kier molecular flexibility index (Phi) is 4.68. The molecule has 1 N–H and O–H groups in total. The van der Waals surface area contributed by atoms with Crippen LogP contribution >= 0.6 is 0 Å². The minimum absolute atomic E-state index is 0.250. The van der Waals surface area contributed by atoms with Gasteiger partial charge in [0.15, 0.2) is 0 Å². The van der Waals surface area contributed by atoms with E-state index in [1.165, 1.54) is 44.1 Å². The summed E-state index contributed by atoms with van der Waals surface area (Å²) in [5.41, 5.74) is 1.92. The first-order valence-electron chi connectivity index (χ1n) is 11.5. The van der Waals surface area contributed by atoms with Crippen LogP contribution in [-0.2, 0) is 4.74 Å². The molecule has 0 aromatic rings. The molecular formula is C25H42O2. The van der Waals surface area contributed by atoms with Gasteiger partial charge in [0.2, 0.25) is 0 Å². The third kappa shape index (κ3) is 2.72. The van der Waals surface area contributed by atoms with Crippen LogP contribution in [0.25, 0.3) is 0 Å². The molecule has 0 aromatic heterocycles. The summed E-state index contributed by atoms with van der Waals surface area (Å²) in [7, 11) is 1.73. The Morgan fingerprint density at radius 2 is 1.74 bits per heavy atom. The summed E-state index contributed by atoms with van der Waals surface area (Å²) in [5, 5.41) is 11.1. The zero-order chi connectivity index (χ0) is 19.7. The fourth-order valence-corrected chi connectivity index (χ4v) is 8.99. The minimum Gasteiger partial charge on any atom is -0.387 e. The maximum atomic E-state index is 11.1. The van der Waals surface area contributed by atoms with Crippen LogP contribution < -0.4 is 0 Å². The minimum atomic E-state index is -0.614. The molecule has 0 unspecified atom stereocenters. The van der Waals surface area contributed by atoms with Gasteiger partial charge in [-0.2, -0.15) is 0 Å². The first-order valence-corrected chi connectivity index (χ1v) is 11.5. The van der Waals surface area contributed by atoms with Crippen molar-refractivity contribution in [3.05, 3.63) is 12.2 Å². The summed E-state index contributed by atoms with van der Waals surface area (Å²) in [6.07, 6.45) is 11.2. The first-order chi connectivity index (χ1) is 12.6. The van der Waals surface area contributed by atoms with Crippen molar-refractivity contribution >= 4 is 0 Å². The summed E-state index contributed by atoms with van der Waals surface area (Å²) in [6.45, 7) is 14.8. The van der Waals surface area contributed by atoms with Gasteiger partial charge >= 0.3 is 0 Å². The zero-order valence-corrected chi connectivity index (χ0v) is 18.4. The summed E-state index contributed by atoms with van der Waals surface area (Å²) < 4.78 is 5.39. The number of rotatable bonds is 3. The lowest BCUT2D eigenvalue weighted by Crippen LogP contribution is -2.61. The molecular weight excluding hydrogens is 332 g/mol. The van der Waals surface area contributed by atoms with Crippen LogP contribution in [0, 0.1) is 39.9 Å². The third-order valence-electron chi connectivity index (χ3n) is 10.5. The summed E-state index contributed by atoms with van der Waals surface area (Å²) in [5.74, 6) is 3.35. The standard InChI is InChI=1S/C25H42O2/c1-17(2)19-7-8-20-18-9-11-22(3)15-25(26,16-27-6)14-13-24(22,5)21(18)10-12-23(19,20)4/h18-21,26H,1,7-16H2,2-6H3/t18-,19+,20-,21-,22-,23+,24+,25-/m0/s1. The molecule has 4 aliphatic carbocycles. The molecule has 0 amide bonds. The molecule has 0 aliphatic heterocycles. The normalized spacial score (nSPS) is 54.7. The van der Waals surface area contributed by atoms with E-state index < -0.39 is 5.60 Å². The third-order valence-corrected chi connectivity index (χ3v) is 10.5. The Hall–Kier alpha value is -0.340. The molecule has 0 aromatic carbocycles. The molecule has 0 saturated heterocycles. The predicted molar refractivity (Wildman–Crippen MR) is 111 cm³/mol. The SMILES string of the molecule is C=C(C)[C@H]1CC[C@H]2[C@@H]3CC[C@@]4(C)C[C@](O)(COC)CC[C@]4(C)[C@H]3CC[C@]12C. The van der Waals surface area contributed by atoms with Crippen molar-refractivity contribution in [2.45, 2.75) is 91.1 Å². The highest BCUT2D eigenvalue weighted by Gasteiger charge is 2.64. The average molecular weight is 375 g/mol. The summed E-state index contributed by atoms with van der Waals surface area (Å²) >= 11 is 0. The van der Waals surface area contributed by atoms with Crippen molar-refractivity contribution in [1.29, 1.82) is 0 Å². The number of hydrogen-bond donors (Lipinski definition) is 1. The van der Waals surface area contributed by atoms with Gasteiger partial charge in [-0.3, -0.25) is 0 Å². The maximum Gasteiger partial charge on any atom is 0.0885 e. The average Bonchev–Trinajstić information content (AvgIpc) is 2.94. The lowest BCUT2D eigenvalue weighted by atomic mass is 9.39. The van der Waals surface area contributed by atoms with Gasteiger partial charge in [0.05, 0.1) is 12.2 Å². The van der Waals surface area contributed by atoms with E-state index in [0.29, 0.717) is 17.4 Å². The van der Waals surface area contributed by atoms with Crippen molar-refractivity contribution < 1.29 is 9.84 Å². The van der Waals surface area contributed by atoms with E-state index in [4.69, 9.17) is 4.74 Å². The summed E-state index contributed by atoms with van der Waals surface area (Å²) in [4.78, 5) is 0. The molecule has 4 fully saturated rings. The molecule has 0 spiro atoms. The van der Waals surface area contributed by atoms with Crippen LogP contribution in [0.5, 0.6) is 0 Å². The Morgan fingerprint density at radius 3 is 2.41 bits per heavy atom. The van der Waals surface area contributed by atoms with E-state index in [1.807, 2.05) is 0 Å². The van der Waals surface area contributed by atoms with Gasteiger partial charge in [-0.05, 0) is 105 Å². The molecule has 4 saturated carbocycles. The number of methoxy groups -OCH3 is 1. The molecule has 4 aliphatic rings. The van der Waals surface area contributed by atoms with E-state index in [9.17, 15) is 5.11 Å². The van der Waals surface area contributed by atoms with Gasteiger partial charge in [0, 0.05) is 7.11 Å². The number of allylic oxidation sites excluding steroid dienone is 1. The van der Waals surface area contributed by atoms with Crippen molar-refractivity contribution in [3.8, 4) is 0 Å². The highest BCUT2D eigenvalue weighted by Crippen LogP contribution is 2.71. The molecule has 8 atom stereocenters. The molecule has 27 heavy (non-hydrogen) atoms. The molecule has 2 heteroatoms. The van der Waals surface area contributed by atoms with Gasteiger partial charge < -0.3 is 9.84 Å². The quantitative estimate of drug-likeness (QED) is 0.615. The van der Waals surface area contributed by atoms with E-state index in [-0.39, 0.29) is 5.41 Å². The Balaban J connectivity index is 1.61. The Morgan fingerprint density at radius 1 is 1.00 bits per heavy atom. The van der Waals surface area contributed by atoms with Gasteiger partial charge in [-0.25, -0.2) is 0 Å². The van der Waals surface area contributed by atoms with Gasteiger partial charge in [0.1, 0.15) is 0 Å². The van der Waals surface area contributed by atoms with Crippen molar-refractivity contribution in [2.75, 3.05) is 13.7 Å². The molecule has 0 bridgehead atoms. The second-order valence-electron chi connectivity index (χ2n) is 11.7. The number of ether oxygens (including phenoxy) is 1. The second kappa shape index (κ2) is 6.33. The van der Waals surface area contributed by atoms with E-state index in [1.54, 1.807) is 7.11 Å². The van der Waals surface area contributed by atoms with Crippen LogP contribution in [0.15, 0.2) is 12.2 Å². The van der Waals surface area contributed by atoms with Crippen molar-refractivity contribution in [2.24, 2.45) is 39.9 Å². The largest absolute Gasteiger partial charge is 0.387 e. The molecule has 4 rings (SSSR count). The van der Waals surface area contributed by atoms with Crippen molar-refractivity contribution in [3.63, 3.8) is 0 Å². The lowest BCUT2D eigenvalue weighted by Gasteiger charge is -2.66. The maximum absolute atomic E-state index is 11.1. The van der Waals surface area contributed by atoms with Crippen LogP contribution in [0.4, 0.5) is 0 Å². The first kappa shape index (κ1) is 20.0. The number of hydrogen-bond acceptors (Lipinski definition) is 2. The second-order valence-corrected chi connectivity index (χ2v) is 11.7. The predicted octanol–water partition coefficient (Wildman–Crippen LogP) is 5.99. The van der Waals surface area contributed by atoms with Crippen LogP contribution in [0.2, 0.25) is 0 Å². The van der Waals surface area contributed by atoms with Crippen molar-refractivity contribution in [1.82, 2.24) is 0 Å². The van der Waals surface area contributed by atoms with Gasteiger partial charge in [-0.1, -0.05) is 32.9 Å². The van der Waals surface area contributed by atoms with Crippen LogP contribution in [0.1, 0.15) is 85.5 Å². The fourth-order valence-electron chi connectivity index (χ4n) is 8.99. The van der Waals surface area contributed by atoms with E-state index in [0.717, 1.165) is 42.9 Å². The van der Waals surface area contributed by atoms with Crippen LogP contribution in [0.3, 0.4) is 0 Å². The molecule has 0 heterocycles. The molecule has 0 radical (unpaired) electrons. The topological polar surface area (TPSA) is 29.5 Å². The monoisotopic (exact) mass is 374 g/mol. The lowest BCUT2D eigenvalue weighted by molar-refractivity contribution is -0.201. The number of aliphatic hydroxyl groups is 1. The highest BCUT2D eigenvalue weighted by molar-refractivity contribution is 5.17. The smallest absolute Gasteiger partial charge is 0.0885 e. The molecule has 154 valence electrons. The number of fused-ring (bicyclic) bond motifs is 5. The Labute approximate surface area is 167 Å². The van der Waals surface area contributed by atoms with Gasteiger partial charge in [-0.15, -0.1) is 0 Å². The highest BCUT2D eigenvalue weighted by atomic mass is 16.5.